The quantitative estimate of drug-likeness (QED) is 0.0225. The molecule has 0 radical (unpaired) electrons. The van der Waals surface area contributed by atoms with Crippen molar-refractivity contribution in [3.05, 3.63) is 204 Å². The molecule has 0 aliphatic rings. The van der Waals surface area contributed by atoms with Crippen molar-refractivity contribution in [2.24, 2.45) is 0 Å². The predicted molar refractivity (Wildman–Crippen MR) is 315 cm³/mol. The molecule has 0 saturated heterocycles. The Morgan fingerprint density at radius 3 is 1.23 bits per heavy atom. The lowest BCUT2D eigenvalue weighted by Gasteiger charge is -2.14. The summed E-state index contributed by atoms with van der Waals surface area (Å²) in [6.07, 6.45) is 21.7. The van der Waals surface area contributed by atoms with E-state index in [1.165, 1.54) is 41.5 Å². The van der Waals surface area contributed by atoms with E-state index in [-0.39, 0.29) is 53.5 Å². The number of phenols is 7. The molecule has 77 heavy (non-hydrogen) atoms. The lowest BCUT2D eigenvalue weighted by atomic mass is 9.96. The number of aryl methyl sites for hydroxylation is 1. The van der Waals surface area contributed by atoms with E-state index in [2.05, 4.69) is 32.1 Å². The predicted octanol–water partition coefficient (Wildman–Crippen LogP) is 14.7. The Bertz CT molecular complexity index is 3170. The Balaban J connectivity index is 0.000000250. The standard InChI is InChI=1S/C25H30O3.C21H24O4.C20H22O4/c1-17(2)6-10-23-21(9-7-20-8-11-24(27)19(5)14-20)15-22(26)16-25(23)28-13-12-18(3)4;1-14(2)4-8-19-16(11-18(23)12-17(19)13-22)7-5-15-6-9-20(24)21(10-15)25-3;1-13(2)3-7-18-15(10-17(22)11-16(18)12-21)6-4-14-5-8-19(23)20(24)9-14/h6-9,11-12,14-16,26-27H,10,13H2,1-5H3;4-7,9-12,22-24H,8,13H2,1-3H3;3-6,8-11,21-24H,7,12H2,1-2H3/b9-7+;7-5+;6-4+. The van der Waals surface area contributed by atoms with Gasteiger partial charge >= 0.3 is 0 Å². The van der Waals surface area contributed by atoms with Gasteiger partial charge in [-0.3, -0.25) is 0 Å². The first kappa shape index (κ1) is 61.2. The van der Waals surface area contributed by atoms with E-state index in [0.29, 0.717) is 47.6 Å². The minimum absolute atomic E-state index is 0.0869. The number of aliphatic hydroxyl groups is 2. The highest BCUT2D eigenvalue weighted by Gasteiger charge is 2.13. The fraction of sp³-hybridized carbons (Fsp3) is 0.242. The van der Waals surface area contributed by atoms with E-state index in [9.17, 15) is 46.0 Å². The van der Waals surface area contributed by atoms with Gasteiger partial charge in [-0.25, -0.2) is 0 Å². The number of hydrogen-bond donors (Lipinski definition) is 9. The molecule has 11 nitrogen and oxygen atoms in total. The average Bonchev–Trinajstić information content (AvgIpc) is 3.37. The highest BCUT2D eigenvalue weighted by atomic mass is 16.5. The molecule has 0 aliphatic heterocycles. The highest BCUT2D eigenvalue weighted by molar-refractivity contribution is 5.76. The fourth-order valence-electron chi connectivity index (χ4n) is 7.70. The van der Waals surface area contributed by atoms with Crippen molar-refractivity contribution >= 4 is 36.5 Å². The van der Waals surface area contributed by atoms with Gasteiger partial charge < -0.3 is 55.4 Å². The third kappa shape index (κ3) is 20.0. The number of aliphatic hydroxyl groups excluding tert-OH is 2. The summed E-state index contributed by atoms with van der Waals surface area (Å²) in [4.78, 5) is 0. The molecule has 0 heterocycles. The molecular weight excluding hydrogens is 969 g/mol. The van der Waals surface area contributed by atoms with E-state index >= 15 is 0 Å². The molecule has 406 valence electrons. The Labute approximate surface area is 454 Å². The lowest BCUT2D eigenvalue weighted by molar-refractivity contribution is 0.280. The number of aromatic hydroxyl groups is 7. The lowest BCUT2D eigenvalue weighted by Crippen LogP contribution is -2.00. The third-order valence-electron chi connectivity index (χ3n) is 12.0. The van der Waals surface area contributed by atoms with Crippen LogP contribution in [0.15, 0.2) is 138 Å². The smallest absolute Gasteiger partial charge is 0.161 e. The summed E-state index contributed by atoms with van der Waals surface area (Å²) in [6.45, 7) is 18.3. The molecule has 0 bridgehead atoms. The topological polar surface area (TPSA) is 201 Å². The van der Waals surface area contributed by atoms with Crippen molar-refractivity contribution in [3.8, 4) is 51.7 Å². The van der Waals surface area contributed by atoms with Crippen LogP contribution >= 0.6 is 0 Å². The van der Waals surface area contributed by atoms with E-state index in [0.717, 1.165) is 56.5 Å². The zero-order valence-corrected chi connectivity index (χ0v) is 46.0. The van der Waals surface area contributed by atoms with Crippen LogP contribution in [0.1, 0.15) is 122 Å². The highest BCUT2D eigenvalue weighted by Crippen LogP contribution is 2.33. The zero-order valence-electron chi connectivity index (χ0n) is 46.0. The maximum absolute atomic E-state index is 10.2. The Kier molecular flexibility index (Phi) is 24.0. The van der Waals surface area contributed by atoms with Crippen LogP contribution in [-0.4, -0.2) is 59.7 Å². The van der Waals surface area contributed by atoms with Crippen LogP contribution in [0.4, 0.5) is 0 Å². The van der Waals surface area contributed by atoms with Gasteiger partial charge in [-0.2, -0.15) is 0 Å². The van der Waals surface area contributed by atoms with Gasteiger partial charge in [0.1, 0.15) is 35.4 Å². The second kappa shape index (κ2) is 30.2. The summed E-state index contributed by atoms with van der Waals surface area (Å²) in [5, 5.41) is 87.5. The third-order valence-corrected chi connectivity index (χ3v) is 12.0. The first-order valence-electron chi connectivity index (χ1n) is 25.3. The second-order valence-electron chi connectivity index (χ2n) is 19.4. The van der Waals surface area contributed by atoms with Gasteiger partial charge in [0, 0.05) is 11.6 Å². The number of ether oxygens (including phenoxy) is 2. The van der Waals surface area contributed by atoms with Gasteiger partial charge in [0.25, 0.3) is 0 Å². The molecule has 6 aromatic carbocycles. The van der Waals surface area contributed by atoms with Crippen LogP contribution in [0.5, 0.6) is 51.7 Å². The molecule has 6 aromatic rings. The SMILES string of the molecule is CC(C)=CCOc1cc(O)cc(/C=C/c2ccc(O)c(C)c2)c1CC=C(C)C.CC(C)=CCc1c(/C=C/c2ccc(O)c(O)c2)cc(O)cc1CO.COc1cc(/C=C/c2cc(O)cc(CO)c2CC=C(C)C)ccc1O. The number of hydrogen-bond acceptors (Lipinski definition) is 11. The minimum atomic E-state index is -0.186. The number of methoxy groups -OCH3 is 1. The van der Waals surface area contributed by atoms with E-state index in [4.69, 9.17) is 9.47 Å². The Hall–Kier alpha value is -8.38. The summed E-state index contributed by atoms with van der Waals surface area (Å²) in [7, 11) is 1.50. The summed E-state index contributed by atoms with van der Waals surface area (Å²) in [6, 6.07) is 25.0. The van der Waals surface area contributed by atoms with Gasteiger partial charge in [-0.15, -0.1) is 0 Å². The molecule has 0 aromatic heterocycles. The van der Waals surface area contributed by atoms with Crippen molar-refractivity contribution in [2.75, 3.05) is 13.7 Å². The molecule has 0 aliphatic carbocycles. The van der Waals surface area contributed by atoms with Crippen LogP contribution in [0, 0.1) is 6.92 Å². The fourth-order valence-corrected chi connectivity index (χ4v) is 7.70. The molecule has 0 atom stereocenters. The molecule has 0 unspecified atom stereocenters. The monoisotopic (exact) mass is 1040 g/mol. The molecule has 0 amide bonds. The number of allylic oxidation sites excluding steroid dienone is 7. The van der Waals surface area contributed by atoms with Crippen molar-refractivity contribution in [3.63, 3.8) is 0 Å². The van der Waals surface area contributed by atoms with Crippen LogP contribution in [-0.2, 0) is 32.5 Å². The van der Waals surface area contributed by atoms with E-state index in [1.807, 2.05) is 97.1 Å². The molecular formula is C66H76O11. The molecule has 9 N–H and O–H groups in total. The van der Waals surface area contributed by atoms with Crippen LogP contribution in [0.2, 0.25) is 0 Å². The molecule has 0 fully saturated rings. The van der Waals surface area contributed by atoms with Crippen molar-refractivity contribution in [2.45, 2.75) is 94.8 Å². The summed E-state index contributed by atoms with van der Waals surface area (Å²) in [5.41, 5.74) is 15.1. The summed E-state index contributed by atoms with van der Waals surface area (Å²) >= 11 is 0. The van der Waals surface area contributed by atoms with Crippen molar-refractivity contribution in [1.82, 2.24) is 0 Å². The van der Waals surface area contributed by atoms with Gasteiger partial charge in [0.15, 0.2) is 23.0 Å². The van der Waals surface area contributed by atoms with Gasteiger partial charge in [-0.1, -0.05) is 95.2 Å². The molecule has 0 spiro atoms. The van der Waals surface area contributed by atoms with Crippen molar-refractivity contribution < 1.29 is 55.4 Å². The maximum Gasteiger partial charge on any atom is 0.161 e. The van der Waals surface area contributed by atoms with Gasteiger partial charge in [-0.05, 0) is 216 Å². The maximum atomic E-state index is 10.2. The zero-order chi connectivity index (χ0) is 56.8. The van der Waals surface area contributed by atoms with Gasteiger partial charge in [0.05, 0.1) is 20.3 Å². The first-order chi connectivity index (χ1) is 36.6. The van der Waals surface area contributed by atoms with Crippen LogP contribution in [0.25, 0.3) is 36.5 Å². The summed E-state index contributed by atoms with van der Waals surface area (Å²) in [5.74, 6) is 1.49. The summed E-state index contributed by atoms with van der Waals surface area (Å²) < 4.78 is 11.1. The Morgan fingerprint density at radius 1 is 0.403 bits per heavy atom. The largest absolute Gasteiger partial charge is 0.508 e. The second-order valence-corrected chi connectivity index (χ2v) is 19.4. The molecule has 11 heteroatoms. The number of benzene rings is 6. The molecule has 6 rings (SSSR count). The minimum Gasteiger partial charge on any atom is -0.508 e. The number of rotatable bonds is 18. The Morgan fingerprint density at radius 2 is 0.805 bits per heavy atom. The van der Waals surface area contributed by atoms with Crippen LogP contribution < -0.4 is 9.47 Å². The molecule has 0 saturated carbocycles. The van der Waals surface area contributed by atoms with Crippen LogP contribution in [0.3, 0.4) is 0 Å². The van der Waals surface area contributed by atoms with E-state index < -0.39 is 0 Å². The van der Waals surface area contributed by atoms with Gasteiger partial charge in [0.2, 0.25) is 0 Å². The van der Waals surface area contributed by atoms with E-state index in [1.54, 1.807) is 72.8 Å². The number of phenolic OH excluding ortho intramolecular Hbond substituents is 7. The first-order valence-corrected chi connectivity index (χ1v) is 25.3. The average molecular weight is 1050 g/mol. The van der Waals surface area contributed by atoms with Crippen molar-refractivity contribution in [1.29, 1.82) is 0 Å². The normalized spacial score (nSPS) is 10.9.